The first-order valence-electron chi connectivity index (χ1n) is 2.75. The van der Waals surface area contributed by atoms with E-state index in [0.29, 0.717) is 6.54 Å². The number of hydrogen-bond donors (Lipinski definition) is 2. The second kappa shape index (κ2) is 4.68. The highest BCUT2D eigenvalue weighted by Gasteiger charge is 2.08. The molecule has 0 radical (unpaired) electrons. The molecule has 2 amide bonds. The van der Waals surface area contributed by atoms with Crippen LogP contribution in [-0.2, 0) is 0 Å². The van der Waals surface area contributed by atoms with E-state index in [1.54, 1.807) is 7.05 Å². The fourth-order valence-corrected chi connectivity index (χ4v) is 0.359. The average molecular weight is 147 g/mol. The molecule has 6 heteroatoms. The van der Waals surface area contributed by atoms with Crippen LogP contribution in [-0.4, -0.2) is 31.1 Å². The molecule has 0 aromatic rings. The van der Waals surface area contributed by atoms with E-state index in [4.69, 9.17) is 0 Å². The summed E-state index contributed by atoms with van der Waals surface area (Å²) >= 11 is 0. The number of hydrogen-bond acceptors (Lipinski definition) is 4. The predicted molar refractivity (Wildman–Crippen MR) is 34.3 cm³/mol. The van der Waals surface area contributed by atoms with Crippen LogP contribution in [0.15, 0.2) is 0 Å². The quantitative estimate of drug-likeness (QED) is 0.310. The summed E-state index contributed by atoms with van der Waals surface area (Å²) in [6.45, 7) is 0.801. The molecule has 0 atom stereocenters. The van der Waals surface area contributed by atoms with Crippen LogP contribution in [0.2, 0.25) is 0 Å². The Morgan fingerprint density at radius 1 is 1.60 bits per heavy atom. The van der Waals surface area contributed by atoms with Crippen LogP contribution in [0.3, 0.4) is 0 Å². The van der Waals surface area contributed by atoms with Crippen molar-refractivity contribution in [2.24, 2.45) is 0 Å². The van der Waals surface area contributed by atoms with Crippen LogP contribution in [0.4, 0.5) is 4.79 Å². The minimum absolute atomic E-state index is 0.274. The molecular formula is C4H9N3O3. The van der Waals surface area contributed by atoms with Crippen LogP contribution in [0.5, 0.6) is 0 Å². The van der Waals surface area contributed by atoms with Gasteiger partial charge in [0, 0.05) is 11.5 Å². The van der Waals surface area contributed by atoms with Gasteiger partial charge in [0.25, 0.3) is 0 Å². The minimum atomic E-state index is -1.16. The van der Waals surface area contributed by atoms with Gasteiger partial charge in [0.05, 0.1) is 6.54 Å². The maximum atomic E-state index is 10.2. The number of likely N-dealkylation sites (N-methyl/N-ethyl adjacent to an activating group) is 1. The molecule has 0 fully saturated rings. The molecule has 0 aromatic carbocycles. The van der Waals surface area contributed by atoms with Gasteiger partial charge in [-0.3, -0.25) is 0 Å². The molecule has 0 aliphatic rings. The molecule has 0 spiro atoms. The van der Waals surface area contributed by atoms with Crippen LogP contribution in [0.25, 0.3) is 0 Å². The van der Waals surface area contributed by atoms with Gasteiger partial charge in [-0.1, -0.05) is 0 Å². The maximum absolute atomic E-state index is 10.2. The highest BCUT2D eigenvalue weighted by molar-refractivity contribution is 5.64. The lowest BCUT2D eigenvalue weighted by Crippen LogP contribution is -2.33. The third-order valence-corrected chi connectivity index (χ3v) is 0.817. The summed E-state index contributed by atoms with van der Waals surface area (Å²) in [6.07, 6.45) is 0. The third kappa shape index (κ3) is 3.79. The molecule has 6 nitrogen and oxygen atoms in total. The van der Waals surface area contributed by atoms with E-state index in [1.165, 1.54) is 0 Å². The summed E-state index contributed by atoms with van der Waals surface area (Å²) in [5.74, 6) is 0. The van der Waals surface area contributed by atoms with E-state index in [2.05, 4.69) is 10.6 Å². The maximum Gasteiger partial charge on any atom is 0.532 e. The Balaban J connectivity index is 3.31. The highest BCUT2D eigenvalue weighted by Crippen LogP contribution is 1.69. The molecule has 58 valence electrons. The van der Waals surface area contributed by atoms with Crippen LogP contribution in [0.1, 0.15) is 0 Å². The summed E-state index contributed by atoms with van der Waals surface area (Å²) in [5, 5.41) is 14.5. The lowest BCUT2D eigenvalue weighted by Gasteiger charge is -1.95. The molecule has 2 N–H and O–H groups in total. The predicted octanol–water partition coefficient (Wildman–Crippen LogP) is -0.808. The van der Waals surface area contributed by atoms with E-state index in [0.717, 1.165) is 0 Å². The highest BCUT2D eigenvalue weighted by atomic mass is 16.6. The number of carbonyl (C=O) groups excluding carboxylic acids is 1. The summed E-state index contributed by atoms with van der Waals surface area (Å²) in [6, 6.07) is -1.16. The first-order valence-corrected chi connectivity index (χ1v) is 2.75. The first-order chi connectivity index (χ1) is 4.68. The minimum Gasteiger partial charge on any atom is -0.355 e. The summed E-state index contributed by atoms with van der Waals surface area (Å²) in [4.78, 5) is 18.9. The fourth-order valence-electron chi connectivity index (χ4n) is 0.359. The van der Waals surface area contributed by atoms with Crippen molar-refractivity contribution in [3.63, 3.8) is 0 Å². The Bertz CT molecular complexity index is 136. The molecule has 0 bridgehead atoms. The Kier molecular flexibility index (Phi) is 4.14. The van der Waals surface area contributed by atoms with E-state index in [9.17, 15) is 14.9 Å². The van der Waals surface area contributed by atoms with Crippen molar-refractivity contribution < 1.29 is 9.72 Å². The zero-order valence-corrected chi connectivity index (χ0v) is 5.59. The van der Waals surface area contributed by atoms with Gasteiger partial charge in [-0.2, -0.15) is 4.79 Å². The third-order valence-electron chi connectivity index (χ3n) is 0.817. The normalized spacial score (nSPS) is 8.90. The van der Waals surface area contributed by atoms with Crippen molar-refractivity contribution in [1.82, 2.24) is 10.6 Å². The van der Waals surface area contributed by atoms with Gasteiger partial charge < -0.3 is 15.4 Å². The lowest BCUT2D eigenvalue weighted by atomic mass is 10.6. The molecule has 0 rings (SSSR count). The molecule has 0 saturated heterocycles. The average Bonchev–Trinajstić information content (AvgIpc) is 1.88. The summed E-state index contributed by atoms with van der Waals surface area (Å²) < 4.78 is 0. The van der Waals surface area contributed by atoms with E-state index in [-0.39, 0.29) is 6.54 Å². The molecule has 0 aliphatic heterocycles. The van der Waals surface area contributed by atoms with Crippen molar-refractivity contribution in [3.05, 3.63) is 10.1 Å². The van der Waals surface area contributed by atoms with Gasteiger partial charge in [0.15, 0.2) is 0 Å². The zero-order valence-electron chi connectivity index (χ0n) is 5.59. The number of nitrogens with one attached hydrogen (secondary N) is 2. The van der Waals surface area contributed by atoms with E-state index in [1.807, 2.05) is 0 Å². The summed E-state index contributed by atoms with van der Waals surface area (Å²) in [7, 11) is 1.69. The topological polar surface area (TPSA) is 84.3 Å². The van der Waals surface area contributed by atoms with Crippen LogP contribution in [0, 0.1) is 10.1 Å². The van der Waals surface area contributed by atoms with Gasteiger partial charge in [-0.05, 0) is 7.05 Å². The van der Waals surface area contributed by atoms with Gasteiger partial charge >= 0.3 is 6.03 Å². The molecule has 0 unspecified atom stereocenters. The zero-order chi connectivity index (χ0) is 7.98. The number of nitro groups is 1. The Labute approximate surface area is 57.7 Å². The standard InChI is InChI=1S/C4H9N3O3/c1-5-2-3-6-4(8)7(9)10/h5H,2-3H2,1H3,(H,6,8). The Hall–Kier alpha value is -1.17. The second-order valence-corrected chi connectivity index (χ2v) is 1.59. The van der Waals surface area contributed by atoms with E-state index < -0.39 is 11.0 Å². The number of amides is 2. The number of urea groups is 1. The van der Waals surface area contributed by atoms with E-state index >= 15 is 0 Å². The van der Waals surface area contributed by atoms with Crippen molar-refractivity contribution in [1.29, 1.82) is 0 Å². The number of nitrogens with zero attached hydrogens (tertiary/aromatic N) is 1. The van der Waals surface area contributed by atoms with Gasteiger partial charge in [0.2, 0.25) is 0 Å². The Morgan fingerprint density at radius 3 is 2.60 bits per heavy atom. The molecule has 10 heavy (non-hydrogen) atoms. The van der Waals surface area contributed by atoms with Crippen LogP contribution < -0.4 is 10.6 Å². The number of rotatable bonds is 3. The monoisotopic (exact) mass is 147 g/mol. The van der Waals surface area contributed by atoms with Crippen molar-refractivity contribution in [3.8, 4) is 0 Å². The fraction of sp³-hybridized carbons (Fsp3) is 0.750. The molecule has 0 heterocycles. The molecule has 0 aromatic heterocycles. The SMILES string of the molecule is CNCCNC(=O)[N+](=O)[O-]. The lowest BCUT2D eigenvalue weighted by molar-refractivity contribution is -0.374. The molecule has 0 aliphatic carbocycles. The van der Waals surface area contributed by atoms with Crippen molar-refractivity contribution >= 4 is 6.03 Å². The van der Waals surface area contributed by atoms with Gasteiger partial charge in [-0.25, -0.2) is 5.32 Å². The first kappa shape index (κ1) is 8.83. The van der Waals surface area contributed by atoms with Gasteiger partial charge in [0.1, 0.15) is 0 Å². The van der Waals surface area contributed by atoms with Crippen LogP contribution >= 0.6 is 0 Å². The number of carbonyl (C=O) groups is 1. The smallest absolute Gasteiger partial charge is 0.355 e. The summed E-state index contributed by atoms with van der Waals surface area (Å²) in [5.41, 5.74) is 0. The van der Waals surface area contributed by atoms with Crippen molar-refractivity contribution in [2.45, 2.75) is 0 Å². The molecular weight excluding hydrogens is 138 g/mol. The van der Waals surface area contributed by atoms with Gasteiger partial charge in [-0.15, -0.1) is 0 Å². The largest absolute Gasteiger partial charge is 0.532 e. The van der Waals surface area contributed by atoms with Crippen molar-refractivity contribution in [2.75, 3.05) is 20.1 Å². The Morgan fingerprint density at radius 2 is 2.20 bits per heavy atom. The molecule has 0 saturated carbocycles. The second-order valence-electron chi connectivity index (χ2n) is 1.59.